The molecule has 3 N–H and O–H groups in total. The van der Waals surface area contributed by atoms with E-state index in [1.54, 1.807) is 18.3 Å². The Morgan fingerprint density at radius 3 is 2.80 bits per heavy atom. The number of nitrogens with two attached hydrogens (primary N) is 1. The molecule has 2 saturated carbocycles. The van der Waals surface area contributed by atoms with Gasteiger partial charge in [-0.3, -0.25) is 4.79 Å². The molecule has 20 heavy (non-hydrogen) atoms. The largest absolute Gasteiger partial charge is 0.366 e. The van der Waals surface area contributed by atoms with Gasteiger partial charge in [0.05, 0.1) is 5.56 Å². The molecule has 0 aromatic carbocycles. The third-order valence-electron chi connectivity index (χ3n) is 5.62. The first-order valence-corrected chi connectivity index (χ1v) is 7.36. The van der Waals surface area contributed by atoms with Crippen LogP contribution in [0.15, 0.2) is 18.3 Å². The predicted octanol–water partition coefficient (Wildman–Crippen LogP) is 2.81. The first-order chi connectivity index (χ1) is 9.34. The molecular formula is C16H23N3O. The molecule has 1 amide bonds. The summed E-state index contributed by atoms with van der Waals surface area (Å²) >= 11 is 0. The third-order valence-corrected chi connectivity index (χ3v) is 5.62. The number of nitrogens with one attached hydrogen (secondary N) is 1. The van der Waals surface area contributed by atoms with Crippen molar-refractivity contribution in [1.29, 1.82) is 0 Å². The molecule has 0 saturated heterocycles. The van der Waals surface area contributed by atoms with Crippen LogP contribution in [0.5, 0.6) is 0 Å². The number of pyridine rings is 1. The number of anilines is 1. The monoisotopic (exact) mass is 273 g/mol. The molecule has 0 radical (unpaired) electrons. The summed E-state index contributed by atoms with van der Waals surface area (Å²) in [6.45, 7) is 7.01. The standard InChI is InChI=1S/C16H23N3O/c1-15(2)10-6-7-16(3,9-10)14(15)19-13-11(12(17)20)5-4-8-18-13/h4-5,8,10,14H,6-7,9H2,1-3H3,(H2,17,20)(H,18,19). The summed E-state index contributed by atoms with van der Waals surface area (Å²) in [5.41, 5.74) is 6.44. The van der Waals surface area contributed by atoms with E-state index in [2.05, 4.69) is 31.1 Å². The molecule has 0 spiro atoms. The van der Waals surface area contributed by atoms with E-state index in [4.69, 9.17) is 5.73 Å². The molecule has 1 heterocycles. The van der Waals surface area contributed by atoms with Crippen molar-refractivity contribution in [3.05, 3.63) is 23.9 Å². The molecular weight excluding hydrogens is 250 g/mol. The average molecular weight is 273 g/mol. The van der Waals surface area contributed by atoms with Crippen molar-refractivity contribution in [2.24, 2.45) is 22.5 Å². The highest BCUT2D eigenvalue weighted by molar-refractivity contribution is 5.97. The van der Waals surface area contributed by atoms with Crippen molar-refractivity contribution in [3.8, 4) is 0 Å². The fourth-order valence-corrected chi connectivity index (χ4v) is 4.52. The van der Waals surface area contributed by atoms with Crippen molar-refractivity contribution in [1.82, 2.24) is 4.98 Å². The number of carbonyl (C=O) groups is 1. The van der Waals surface area contributed by atoms with Crippen molar-refractivity contribution in [2.45, 2.75) is 46.1 Å². The van der Waals surface area contributed by atoms with Crippen LogP contribution in [0.2, 0.25) is 0 Å². The average Bonchev–Trinajstić information content (AvgIpc) is 2.86. The lowest BCUT2D eigenvalue weighted by atomic mass is 9.68. The molecule has 2 bridgehead atoms. The lowest BCUT2D eigenvalue weighted by molar-refractivity contribution is 0.1000. The van der Waals surface area contributed by atoms with E-state index in [0.717, 1.165) is 5.92 Å². The van der Waals surface area contributed by atoms with Gasteiger partial charge in [-0.15, -0.1) is 0 Å². The lowest BCUT2D eigenvalue weighted by Gasteiger charge is -2.43. The van der Waals surface area contributed by atoms with Crippen molar-refractivity contribution in [2.75, 3.05) is 5.32 Å². The molecule has 4 nitrogen and oxygen atoms in total. The van der Waals surface area contributed by atoms with Gasteiger partial charge in [-0.05, 0) is 48.1 Å². The number of nitrogens with zero attached hydrogens (tertiary/aromatic N) is 1. The number of rotatable bonds is 3. The minimum atomic E-state index is -0.424. The van der Waals surface area contributed by atoms with Gasteiger partial charge >= 0.3 is 0 Å². The molecule has 1 aromatic rings. The molecule has 2 aliphatic carbocycles. The van der Waals surface area contributed by atoms with Gasteiger partial charge in [-0.1, -0.05) is 20.8 Å². The van der Waals surface area contributed by atoms with Gasteiger partial charge in [0.15, 0.2) is 0 Å². The summed E-state index contributed by atoms with van der Waals surface area (Å²) in [5, 5.41) is 3.54. The fourth-order valence-electron chi connectivity index (χ4n) is 4.52. The number of hydrogen-bond donors (Lipinski definition) is 2. The van der Waals surface area contributed by atoms with Gasteiger partial charge in [0, 0.05) is 12.2 Å². The number of hydrogen-bond acceptors (Lipinski definition) is 3. The van der Waals surface area contributed by atoms with Crippen LogP contribution in [-0.4, -0.2) is 16.9 Å². The van der Waals surface area contributed by atoms with Gasteiger partial charge in [0.1, 0.15) is 5.82 Å². The number of amides is 1. The second kappa shape index (κ2) is 4.21. The summed E-state index contributed by atoms with van der Waals surface area (Å²) in [7, 11) is 0. The van der Waals surface area contributed by atoms with E-state index in [1.165, 1.54) is 19.3 Å². The zero-order valence-electron chi connectivity index (χ0n) is 12.4. The molecule has 3 unspecified atom stereocenters. The highest BCUT2D eigenvalue weighted by Gasteiger charge is 2.59. The van der Waals surface area contributed by atoms with Crippen molar-refractivity contribution >= 4 is 11.7 Å². The maximum absolute atomic E-state index is 11.5. The van der Waals surface area contributed by atoms with E-state index < -0.39 is 5.91 Å². The Kier molecular flexibility index (Phi) is 2.82. The Labute approximate surface area is 120 Å². The van der Waals surface area contributed by atoms with E-state index in [0.29, 0.717) is 22.8 Å². The number of fused-ring (bicyclic) bond motifs is 2. The summed E-state index contributed by atoms with van der Waals surface area (Å²) in [5.74, 6) is 0.962. The highest BCUT2D eigenvalue weighted by atomic mass is 16.1. The Bertz CT molecular complexity index is 550. The van der Waals surface area contributed by atoms with Crippen LogP contribution < -0.4 is 11.1 Å². The predicted molar refractivity (Wildman–Crippen MR) is 79.4 cm³/mol. The van der Waals surface area contributed by atoms with Gasteiger partial charge < -0.3 is 11.1 Å². The van der Waals surface area contributed by atoms with Crippen molar-refractivity contribution in [3.63, 3.8) is 0 Å². The molecule has 2 fully saturated rings. The Morgan fingerprint density at radius 1 is 1.45 bits per heavy atom. The SMILES string of the molecule is CC12CCC(C1)C(C)(C)C2Nc1ncccc1C(N)=O. The fraction of sp³-hybridized carbons (Fsp3) is 0.625. The number of primary amides is 1. The maximum Gasteiger partial charge on any atom is 0.252 e. The van der Waals surface area contributed by atoms with Crippen LogP contribution in [0.1, 0.15) is 50.4 Å². The molecule has 2 aliphatic rings. The Morgan fingerprint density at radius 2 is 2.20 bits per heavy atom. The summed E-state index contributed by atoms with van der Waals surface area (Å²) < 4.78 is 0. The molecule has 4 heteroatoms. The summed E-state index contributed by atoms with van der Waals surface area (Å²) in [6.07, 6.45) is 5.53. The second-order valence-corrected chi connectivity index (χ2v) is 7.26. The number of aromatic nitrogens is 1. The van der Waals surface area contributed by atoms with Crippen molar-refractivity contribution < 1.29 is 4.79 Å². The molecule has 3 atom stereocenters. The van der Waals surface area contributed by atoms with Crippen LogP contribution >= 0.6 is 0 Å². The van der Waals surface area contributed by atoms with Crippen LogP contribution in [0.4, 0.5) is 5.82 Å². The Hall–Kier alpha value is -1.58. The van der Waals surface area contributed by atoms with Gasteiger partial charge in [0.25, 0.3) is 5.91 Å². The third kappa shape index (κ3) is 1.81. The van der Waals surface area contributed by atoms with E-state index in [9.17, 15) is 4.79 Å². The molecule has 108 valence electrons. The molecule has 3 rings (SSSR count). The molecule has 1 aromatic heterocycles. The Balaban J connectivity index is 1.94. The van der Waals surface area contributed by atoms with Gasteiger partial charge in [-0.25, -0.2) is 4.98 Å². The first kappa shape index (κ1) is 13.4. The molecule has 0 aliphatic heterocycles. The zero-order chi connectivity index (χ0) is 14.5. The quantitative estimate of drug-likeness (QED) is 0.889. The smallest absolute Gasteiger partial charge is 0.252 e. The number of carbonyl (C=O) groups excluding carboxylic acids is 1. The lowest BCUT2D eigenvalue weighted by Crippen LogP contribution is -2.46. The van der Waals surface area contributed by atoms with Crippen LogP contribution in [0.25, 0.3) is 0 Å². The maximum atomic E-state index is 11.5. The van der Waals surface area contributed by atoms with E-state index in [-0.39, 0.29) is 5.41 Å². The summed E-state index contributed by atoms with van der Waals surface area (Å²) in [4.78, 5) is 15.9. The van der Waals surface area contributed by atoms with E-state index in [1.807, 2.05) is 0 Å². The van der Waals surface area contributed by atoms with Gasteiger partial charge in [0.2, 0.25) is 0 Å². The minimum absolute atomic E-state index is 0.222. The van der Waals surface area contributed by atoms with Crippen LogP contribution in [0, 0.1) is 16.7 Å². The highest BCUT2D eigenvalue weighted by Crippen LogP contribution is 2.63. The normalized spacial score (nSPS) is 34.1. The minimum Gasteiger partial charge on any atom is -0.366 e. The topological polar surface area (TPSA) is 68.0 Å². The van der Waals surface area contributed by atoms with Crippen LogP contribution in [-0.2, 0) is 0 Å². The van der Waals surface area contributed by atoms with Crippen LogP contribution in [0.3, 0.4) is 0 Å². The van der Waals surface area contributed by atoms with E-state index >= 15 is 0 Å². The van der Waals surface area contributed by atoms with Gasteiger partial charge in [-0.2, -0.15) is 0 Å². The first-order valence-electron chi connectivity index (χ1n) is 7.36. The zero-order valence-corrected chi connectivity index (χ0v) is 12.4. The summed E-state index contributed by atoms with van der Waals surface area (Å²) in [6, 6.07) is 3.82. The second-order valence-electron chi connectivity index (χ2n) is 7.26.